The fourth-order valence-corrected chi connectivity index (χ4v) is 4.01. The first-order chi connectivity index (χ1) is 15.8. The standard InChI is InChI=1S/C23H30N4O6/c1-3-33-23(32)16-10-12-26(13-11-16)22(31)15-25(2)20(29)8-9-21(30)27-14-19(28)24-17-6-4-5-7-18(17)27/h4-7,16H,3,8-15H2,1-2H3,(H,24,28). The highest BCUT2D eigenvalue weighted by molar-refractivity contribution is 6.10. The molecular formula is C23H30N4O6. The number of nitrogens with one attached hydrogen (secondary N) is 1. The molecule has 1 aromatic carbocycles. The number of para-hydroxylation sites is 2. The summed E-state index contributed by atoms with van der Waals surface area (Å²) in [6, 6.07) is 7.00. The third kappa shape index (κ3) is 6.09. The summed E-state index contributed by atoms with van der Waals surface area (Å²) in [5.41, 5.74) is 1.16. The molecule has 10 nitrogen and oxygen atoms in total. The molecule has 3 rings (SSSR count). The highest BCUT2D eigenvalue weighted by Crippen LogP contribution is 2.29. The van der Waals surface area contributed by atoms with Gasteiger partial charge < -0.3 is 24.8 Å². The van der Waals surface area contributed by atoms with E-state index in [0.29, 0.717) is 43.9 Å². The van der Waals surface area contributed by atoms with Crippen LogP contribution in [0.15, 0.2) is 24.3 Å². The second-order valence-electron chi connectivity index (χ2n) is 8.20. The van der Waals surface area contributed by atoms with Gasteiger partial charge in [0.2, 0.25) is 23.6 Å². The molecule has 0 atom stereocenters. The van der Waals surface area contributed by atoms with Crippen molar-refractivity contribution in [2.24, 2.45) is 5.92 Å². The van der Waals surface area contributed by atoms with Crippen LogP contribution in [0.2, 0.25) is 0 Å². The van der Waals surface area contributed by atoms with Crippen molar-refractivity contribution in [1.29, 1.82) is 0 Å². The molecule has 33 heavy (non-hydrogen) atoms. The Bertz CT molecular complexity index is 925. The minimum atomic E-state index is -0.327. The van der Waals surface area contributed by atoms with E-state index in [4.69, 9.17) is 4.74 Å². The summed E-state index contributed by atoms with van der Waals surface area (Å²) in [7, 11) is 1.53. The van der Waals surface area contributed by atoms with Crippen molar-refractivity contribution in [3.8, 4) is 0 Å². The quantitative estimate of drug-likeness (QED) is 0.610. The van der Waals surface area contributed by atoms with E-state index in [1.54, 1.807) is 36.1 Å². The Morgan fingerprint density at radius 1 is 1.09 bits per heavy atom. The molecule has 0 aliphatic carbocycles. The molecule has 2 heterocycles. The summed E-state index contributed by atoms with van der Waals surface area (Å²) in [6.45, 7) is 2.80. The minimum Gasteiger partial charge on any atom is -0.466 e. The molecule has 1 fully saturated rings. The van der Waals surface area contributed by atoms with Gasteiger partial charge >= 0.3 is 5.97 Å². The molecule has 0 aromatic heterocycles. The van der Waals surface area contributed by atoms with Crippen LogP contribution in [-0.2, 0) is 28.7 Å². The van der Waals surface area contributed by atoms with Crippen molar-refractivity contribution in [3.63, 3.8) is 0 Å². The highest BCUT2D eigenvalue weighted by Gasteiger charge is 2.30. The smallest absolute Gasteiger partial charge is 0.309 e. The van der Waals surface area contributed by atoms with Gasteiger partial charge in [-0.25, -0.2) is 0 Å². The van der Waals surface area contributed by atoms with Crippen LogP contribution < -0.4 is 10.2 Å². The van der Waals surface area contributed by atoms with Crippen LogP contribution in [-0.4, -0.2) is 79.2 Å². The predicted molar refractivity (Wildman–Crippen MR) is 120 cm³/mol. The van der Waals surface area contributed by atoms with Gasteiger partial charge in [0.1, 0.15) is 6.54 Å². The van der Waals surface area contributed by atoms with E-state index < -0.39 is 0 Å². The van der Waals surface area contributed by atoms with E-state index in [-0.39, 0.29) is 61.4 Å². The van der Waals surface area contributed by atoms with Gasteiger partial charge in [0.05, 0.1) is 30.4 Å². The van der Waals surface area contributed by atoms with E-state index in [2.05, 4.69) is 5.32 Å². The topological polar surface area (TPSA) is 116 Å². The van der Waals surface area contributed by atoms with Crippen molar-refractivity contribution in [1.82, 2.24) is 9.80 Å². The monoisotopic (exact) mass is 458 g/mol. The maximum atomic E-state index is 12.7. The fraction of sp³-hybridized carbons (Fsp3) is 0.522. The molecule has 0 spiro atoms. The number of ether oxygens (including phenoxy) is 1. The van der Waals surface area contributed by atoms with E-state index in [0.717, 1.165) is 0 Å². The lowest BCUT2D eigenvalue weighted by atomic mass is 9.97. The van der Waals surface area contributed by atoms with Gasteiger partial charge in [-0.1, -0.05) is 12.1 Å². The van der Waals surface area contributed by atoms with Crippen LogP contribution in [0.4, 0.5) is 11.4 Å². The average molecular weight is 459 g/mol. The summed E-state index contributed by atoms with van der Waals surface area (Å²) < 4.78 is 5.04. The minimum absolute atomic E-state index is 0.0617. The second-order valence-corrected chi connectivity index (χ2v) is 8.20. The molecule has 0 bridgehead atoms. The van der Waals surface area contributed by atoms with Crippen molar-refractivity contribution >= 4 is 41.0 Å². The Labute approximate surface area is 192 Å². The highest BCUT2D eigenvalue weighted by atomic mass is 16.5. The molecule has 10 heteroatoms. The van der Waals surface area contributed by atoms with Crippen LogP contribution >= 0.6 is 0 Å². The van der Waals surface area contributed by atoms with E-state index >= 15 is 0 Å². The molecule has 2 aliphatic rings. The summed E-state index contributed by atoms with van der Waals surface area (Å²) in [6.07, 6.45) is 0.959. The Balaban J connectivity index is 1.45. The molecule has 2 aliphatic heterocycles. The Hall–Kier alpha value is -3.43. The molecular weight excluding hydrogens is 428 g/mol. The van der Waals surface area contributed by atoms with Crippen LogP contribution in [0.5, 0.6) is 0 Å². The number of benzene rings is 1. The molecule has 178 valence electrons. The number of nitrogens with zero attached hydrogens (tertiary/aromatic N) is 3. The number of likely N-dealkylation sites (N-methyl/N-ethyl adjacent to an activating group) is 1. The predicted octanol–water partition coefficient (Wildman–Crippen LogP) is 1.01. The third-order valence-electron chi connectivity index (χ3n) is 5.89. The second kappa shape index (κ2) is 10.9. The number of hydrogen-bond acceptors (Lipinski definition) is 6. The lowest BCUT2D eigenvalue weighted by Gasteiger charge is -2.32. The zero-order chi connectivity index (χ0) is 24.0. The maximum absolute atomic E-state index is 12.7. The molecule has 1 aromatic rings. The maximum Gasteiger partial charge on any atom is 0.309 e. The van der Waals surface area contributed by atoms with Gasteiger partial charge in [0.15, 0.2) is 0 Å². The molecule has 0 unspecified atom stereocenters. The summed E-state index contributed by atoms with van der Waals surface area (Å²) in [4.78, 5) is 65.9. The number of amides is 4. The van der Waals surface area contributed by atoms with Crippen LogP contribution in [0.25, 0.3) is 0 Å². The van der Waals surface area contributed by atoms with Gasteiger partial charge in [0.25, 0.3) is 0 Å². The lowest BCUT2D eigenvalue weighted by Crippen LogP contribution is -2.46. The number of fused-ring (bicyclic) bond motifs is 1. The summed E-state index contributed by atoms with van der Waals surface area (Å²) in [5.74, 6) is -1.56. The fourth-order valence-electron chi connectivity index (χ4n) is 4.01. The van der Waals surface area contributed by atoms with Gasteiger partial charge in [-0.2, -0.15) is 0 Å². The summed E-state index contributed by atoms with van der Waals surface area (Å²) in [5, 5.41) is 2.72. The van der Waals surface area contributed by atoms with Gasteiger partial charge in [0, 0.05) is 33.0 Å². The molecule has 1 saturated heterocycles. The number of hydrogen-bond donors (Lipinski definition) is 1. The number of likely N-dealkylation sites (tertiary alicyclic amines) is 1. The van der Waals surface area contributed by atoms with Crippen molar-refractivity contribution in [3.05, 3.63) is 24.3 Å². The van der Waals surface area contributed by atoms with Gasteiger partial charge in [-0.05, 0) is 31.9 Å². The number of carbonyl (C=O) groups excluding carboxylic acids is 5. The number of piperidine rings is 1. The van der Waals surface area contributed by atoms with E-state index in [1.807, 2.05) is 0 Å². The zero-order valence-corrected chi connectivity index (χ0v) is 19.0. The Kier molecular flexibility index (Phi) is 8.02. The van der Waals surface area contributed by atoms with E-state index in [9.17, 15) is 24.0 Å². The number of esters is 1. The third-order valence-corrected chi connectivity index (χ3v) is 5.89. The van der Waals surface area contributed by atoms with Crippen LogP contribution in [0.1, 0.15) is 32.6 Å². The van der Waals surface area contributed by atoms with Gasteiger partial charge in [-0.3, -0.25) is 24.0 Å². The van der Waals surface area contributed by atoms with E-state index in [1.165, 1.54) is 16.8 Å². The largest absolute Gasteiger partial charge is 0.466 e. The lowest BCUT2D eigenvalue weighted by molar-refractivity contribution is -0.151. The van der Waals surface area contributed by atoms with Crippen molar-refractivity contribution in [2.75, 3.05) is 50.1 Å². The normalized spacial score (nSPS) is 16.0. The van der Waals surface area contributed by atoms with Crippen molar-refractivity contribution < 1.29 is 28.7 Å². The number of carbonyl (C=O) groups is 5. The first-order valence-corrected chi connectivity index (χ1v) is 11.2. The average Bonchev–Trinajstić information content (AvgIpc) is 2.81. The SMILES string of the molecule is CCOC(=O)C1CCN(C(=O)CN(C)C(=O)CCC(=O)N2CC(=O)Nc3ccccc32)CC1. The van der Waals surface area contributed by atoms with Gasteiger partial charge in [-0.15, -0.1) is 0 Å². The van der Waals surface area contributed by atoms with Crippen LogP contribution in [0.3, 0.4) is 0 Å². The first kappa shape index (κ1) is 24.2. The number of rotatable bonds is 7. The Morgan fingerprint density at radius 2 is 1.79 bits per heavy atom. The van der Waals surface area contributed by atoms with Crippen molar-refractivity contribution in [2.45, 2.75) is 32.6 Å². The first-order valence-electron chi connectivity index (χ1n) is 11.2. The zero-order valence-electron chi connectivity index (χ0n) is 19.0. The molecule has 0 saturated carbocycles. The van der Waals surface area contributed by atoms with Crippen LogP contribution in [0, 0.1) is 5.92 Å². The molecule has 4 amide bonds. The molecule has 1 N–H and O–H groups in total. The Morgan fingerprint density at radius 3 is 2.48 bits per heavy atom. The summed E-state index contributed by atoms with van der Waals surface area (Å²) >= 11 is 0. The number of anilines is 2. The molecule has 0 radical (unpaired) electrons.